The third-order valence-corrected chi connectivity index (χ3v) is 8.07. The normalized spacial score (nSPS) is 15.9. The Labute approximate surface area is 256 Å². The molecule has 0 fully saturated rings. The van der Waals surface area contributed by atoms with Gasteiger partial charge in [-0.25, -0.2) is 9.79 Å². The highest BCUT2D eigenvalue weighted by Gasteiger charge is 2.41. The number of thioether (sulfide) groups is 1. The van der Waals surface area contributed by atoms with E-state index in [4.69, 9.17) is 19.2 Å². The van der Waals surface area contributed by atoms with E-state index in [9.17, 15) is 9.59 Å². The summed E-state index contributed by atoms with van der Waals surface area (Å²) in [6.07, 6.45) is 0.154. The first kappa shape index (κ1) is 30.1. The summed E-state index contributed by atoms with van der Waals surface area (Å²) in [6.45, 7) is 3.14. The molecule has 0 N–H and O–H groups in total. The molecule has 1 unspecified atom stereocenters. The minimum absolute atomic E-state index is 0.0360. The zero-order chi connectivity index (χ0) is 30.2. The number of rotatable bonds is 12. The van der Waals surface area contributed by atoms with Crippen LogP contribution >= 0.6 is 11.8 Å². The summed E-state index contributed by atoms with van der Waals surface area (Å²) in [5.41, 5.74) is 4.69. The zero-order valence-electron chi connectivity index (χ0n) is 24.6. The summed E-state index contributed by atoms with van der Waals surface area (Å²) >= 11 is 1.45. The lowest BCUT2D eigenvalue weighted by atomic mass is 9.93. The van der Waals surface area contributed by atoms with Crippen LogP contribution in [0.3, 0.4) is 0 Å². The molecule has 222 valence electrons. The largest absolute Gasteiger partial charge is 0.489 e. The quantitative estimate of drug-likeness (QED) is 0.185. The summed E-state index contributed by atoms with van der Waals surface area (Å²) in [5, 5.41) is 2.66. The maximum atomic E-state index is 13.5. The number of carbonyl (C=O) groups excluding carboxylic acids is 2. The van der Waals surface area contributed by atoms with Crippen molar-refractivity contribution in [2.24, 2.45) is 4.99 Å². The smallest absolute Gasteiger partial charge is 0.338 e. The topological polar surface area (TPSA) is 80.7 Å². The Morgan fingerprint density at radius 3 is 2.40 bits per heavy atom. The van der Waals surface area contributed by atoms with Crippen molar-refractivity contribution < 1.29 is 23.8 Å². The van der Waals surface area contributed by atoms with Crippen molar-refractivity contribution in [2.45, 2.75) is 32.5 Å². The number of hydrogen-bond acceptors (Lipinski definition) is 8. The van der Waals surface area contributed by atoms with Crippen molar-refractivity contribution >= 4 is 28.8 Å². The summed E-state index contributed by atoms with van der Waals surface area (Å²) in [7, 11) is 3.36. The van der Waals surface area contributed by atoms with Crippen molar-refractivity contribution in [1.82, 2.24) is 9.80 Å². The molecule has 0 spiro atoms. The van der Waals surface area contributed by atoms with E-state index in [1.165, 1.54) is 11.8 Å². The number of esters is 1. The Balaban J connectivity index is 1.43. The van der Waals surface area contributed by atoms with Gasteiger partial charge in [0, 0.05) is 26.4 Å². The zero-order valence-corrected chi connectivity index (χ0v) is 25.4. The van der Waals surface area contributed by atoms with Crippen LogP contribution in [0.1, 0.15) is 36.1 Å². The molecule has 0 radical (unpaired) electrons. The first-order chi connectivity index (χ1) is 20.9. The third-order valence-electron chi connectivity index (χ3n) is 7.18. The highest BCUT2D eigenvalue weighted by Crippen LogP contribution is 2.45. The van der Waals surface area contributed by atoms with E-state index in [0.717, 1.165) is 22.4 Å². The molecule has 3 aromatic rings. The third kappa shape index (κ3) is 7.36. The summed E-state index contributed by atoms with van der Waals surface area (Å²) < 4.78 is 16.8. The number of nitrogens with zero attached hydrogens (tertiary/aromatic N) is 3. The predicted octanol–water partition coefficient (Wildman–Crippen LogP) is 6.08. The molecule has 0 aliphatic carbocycles. The number of hydrogen-bond donors (Lipinski definition) is 0. The number of methoxy groups -OCH3 is 1. The van der Waals surface area contributed by atoms with Gasteiger partial charge in [-0.3, -0.25) is 4.79 Å². The van der Waals surface area contributed by atoms with Gasteiger partial charge >= 0.3 is 5.97 Å². The van der Waals surface area contributed by atoms with E-state index in [1.54, 1.807) is 19.1 Å². The van der Waals surface area contributed by atoms with Crippen LogP contribution < -0.4 is 4.74 Å². The Morgan fingerprint density at radius 2 is 1.67 bits per heavy atom. The van der Waals surface area contributed by atoms with Crippen LogP contribution in [0.15, 0.2) is 112 Å². The summed E-state index contributed by atoms with van der Waals surface area (Å²) in [4.78, 5) is 35.4. The van der Waals surface area contributed by atoms with Crippen molar-refractivity contribution in [3.8, 4) is 5.75 Å². The van der Waals surface area contributed by atoms with Gasteiger partial charge < -0.3 is 24.0 Å². The molecular formula is C34H35N3O5S. The fourth-order valence-corrected chi connectivity index (χ4v) is 5.96. The van der Waals surface area contributed by atoms with Gasteiger partial charge in [-0.15, -0.1) is 0 Å². The summed E-state index contributed by atoms with van der Waals surface area (Å²) in [6, 6.07) is 27.0. The molecule has 2 aliphatic rings. The Bertz CT molecular complexity index is 1540. The van der Waals surface area contributed by atoms with Gasteiger partial charge in [-0.1, -0.05) is 84.6 Å². The van der Waals surface area contributed by atoms with Crippen LogP contribution in [0, 0.1) is 0 Å². The fraction of sp³-hybridized carbons (Fsp3) is 0.265. The molecule has 8 nitrogen and oxygen atoms in total. The van der Waals surface area contributed by atoms with Gasteiger partial charge in [0.2, 0.25) is 5.91 Å². The number of ether oxygens (including phenoxy) is 3. The van der Waals surface area contributed by atoms with E-state index in [-0.39, 0.29) is 25.5 Å². The molecular weight excluding hydrogens is 562 g/mol. The van der Waals surface area contributed by atoms with Crippen molar-refractivity contribution in [3.63, 3.8) is 0 Å². The van der Waals surface area contributed by atoms with Crippen LogP contribution in [-0.2, 0) is 32.2 Å². The molecule has 0 aromatic heterocycles. The molecule has 43 heavy (non-hydrogen) atoms. The van der Waals surface area contributed by atoms with Gasteiger partial charge in [-0.05, 0) is 41.2 Å². The number of fused-ring (bicyclic) bond motifs is 1. The Morgan fingerprint density at radius 1 is 0.953 bits per heavy atom. The van der Waals surface area contributed by atoms with E-state index in [1.807, 2.05) is 102 Å². The number of aliphatic imine (C=N–C) groups is 1. The average molecular weight is 598 g/mol. The lowest BCUT2D eigenvalue weighted by Gasteiger charge is -2.36. The van der Waals surface area contributed by atoms with Gasteiger partial charge in [0.25, 0.3) is 0 Å². The molecule has 2 heterocycles. The molecule has 1 atom stereocenters. The van der Waals surface area contributed by atoms with Gasteiger partial charge in [0.15, 0.2) is 5.17 Å². The van der Waals surface area contributed by atoms with Crippen LogP contribution in [0.25, 0.3) is 0 Å². The van der Waals surface area contributed by atoms with E-state index < -0.39 is 12.0 Å². The number of benzene rings is 3. The number of carbonyl (C=O) groups is 2. The minimum Gasteiger partial charge on any atom is -0.489 e. The maximum absolute atomic E-state index is 13.5. The van der Waals surface area contributed by atoms with Crippen molar-refractivity contribution in [3.05, 3.63) is 124 Å². The standard InChI is InChI=1S/C34H35N3O5S/c1-24-31(33(39)41-18-17-40-3)32(27-15-10-16-29(19-27)42-22-26-13-8-5-9-14-26)37-28(23-43-34(37)35-24)20-30(38)36(2)21-25-11-6-4-7-12-25/h4-16,19,23,32H,17-18,20-22H2,1-3H3. The predicted molar refractivity (Wildman–Crippen MR) is 168 cm³/mol. The minimum atomic E-state index is -0.559. The van der Waals surface area contributed by atoms with E-state index in [2.05, 4.69) is 0 Å². The SMILES string of the molecule is COCCOC(=O)C1=C(C)N=C2SC=C(CC(=O)N(C)Cc3ccccc3)N2C1c1cccc(OCc2ccccc2)c1. The number of amidine groups is 1. The Kier molecular flexibility index (Phi) is 9.96. The molecule has 0 bridgehead atoms. The second-order valence-electron chi connectivity index (χ2n) is 10.3. The number of amides is 1. The lowest BCUT2D eigenvalue weighted by molar-refractivity contribution is -0.141. The maximum Gasteiger partial charge on any atom is 0.338 e. The lowest BCUT2D eigenvalue weighted by Crippen LogP contribution is -2.38. The van der Waals surface area contributed by atoms with E-state index in [0.29, 0.717) is 35.3 Å². The molecule has 1 amide bonds. The molecule has 2 aliphatic heterocycles. The highest BCUT2D eigenvalue weighted by molar-refractivity contribution is 8.16. The van der Waals surface area contributed by atoms with Gasteiger partial charge in [-0.2, -0.15) is 0 Å². The fourth-order valence-electron chi connectivity index (χ4n) is 4.99. The second-order valence-corrected chi connectivity index (χ2v) is 11.1. The van der Waals surface area contributed by atoms with Gasteiger partial charge in [0.05, 0.1) is 30.3 Å². The van der Waals surface area contributed by atoms with E-state index >= 15 is 0 Å². The molecule has 9 heteroatoms. The van der Waals surface area contributed by atoms with Crippen molar-refractivity contribution in [1.29, 1.82) is 0 Å². The van der Waals surface area contributed by atoms with Gasteiger partial charge in [0.1, 0.15) is 19.0 Å². The highest BCUT2D eigenvalue weighted by atomic mass is 32.2. The number of allylic oxidation sites excluding steroid dienone is 1. The molecule has 5 rings (SSSR count). The van der Waals surface area contributed by atoms with Crippen LogP contribution in [0.4, 0.5) is 0 Å². The first-order valence-electron chi connectivity index (χ1n) is 14.1. The molecule has 3 aromatic carbocycles. The van der Waals surface area contributed by atoms with Crippen LogP contribution in [0.5, 0.6) is 5.75 Å². The first-order valence-corrected chi connectivity index (χ1v) is 15.0. The van der Waals surface area contributed by atoms with Crippen molar-refractivity contribution in [2.75, 3.05) is 27.4 Å². The monoisotopic (exact) mass is 597 g/mol. The Hall–Kier alpha value is -4.34. The average Bonchev–Trinajstić information content (AvgIpc) is 3.42. The molecule has 0 saturated carbocycles. The summed E-state index contributed by atoms with van der Waals surface area (Å²) in [5.74, 6) is 0.166. The second kappa shape index (κ2) is 14.2. The van der Waals surface area contributed by atoms with Crippen LogP contribution in [-0.4, -0.2) is 54.2 Å². The van der Waals surface area contributed by atoms with Crippen LogP contribution in [0.2, 0.25) is 0 Å². The molecule has 0 saturated heterocycles.